The number of carbonyl (C=O) groups excluding carboxylic acids is 4. The number of amides is 2. The summed E-state index contributed by atoms with van der Waals surface area (Å²) in [5, 5.41) is 26.0. The van der Waals surface area contributed by atoms with Gasteiger partial charge in [-0.25, -0.2) is 4.79 Å². The third-order valence-corrected chi connectivity index (χ3v) is 11.6. The number of nitrogens with one attached hydrogen (secondary N) is 1. The van der Waals surface area contributed by atoms with Gasteiger partial charge in [0, 0.05) is 50.9 Å². The van der Waals surface area contributed by atoms with Gasteiger partial charge in [-0.3, -0.25) is 14.4 Å². The molecule has 0 saturated carbocycles. The molecule has 2 amide bonds. The number of nitrogens with zero attached hydrogens (tertiary/aromatic N) is 2. The van der Waals surface area contributed by atoms with Crippen molar-refractivity contribution >= 4 is 23.8 Å². The van der Waals surface area contributed by atoms with Gasteiger partial charge in [0.2, 0.25) is 5.91 Å². The van der Waals surface area contributed by atoms with E-state index in [0.29, 0.717) is 25.8 Å². The molecule has 14 atom stereocenters. The number of hydrogen-bond donors (Lipinski definition) is 3. The molecule has 51 heavy (non-hydrogen) atoms. The van der Waals surface area contributed by atoms with Gasteiger partial charge in [0.1, 0.15) is 18.0 Å². The molecular formula is C37H65N3O11. The lowest BCUT2D eigenvalue weighted by Crippen LogP contribution is -2.60. The van der Waals surface area contributed by atoms with Crippen LogP contribution in [0.25, 0.3) is 0 Å². The number of fused-ring (bicyclic) bond motifs is 1. The molecule has 0 bridgehead atoms. The zero-order chi connectivity index (χ0) is 38.6. The van der Waals surface area contributed by atoms with Crippen LogP contribution >= 0.6 is 0 Å². The third-order valence-electron chi connectivity index (χ3n) is 11.6. The zero-order valence-electron chi connectivity index (χ0n) is 32.8. The summed E-state index contributed by atoms with van der Waals surface area (Å²) in [6, 6.07) is -1.04. The fourth-order valence-corrected chi connectivity index (χ4v) is 8.53. The van der Waals surface area contributed by atoms with Crippen molar-refractivity contribution in [3.8, 4) is 0 Å². The van der Waals surface area contributed by atoms with Gasteiger partial charge in [0.25, 0.3) is 0 Å². The molecule has 0 spiro atoms. The van der Waals surface area contributed by atoms with E-state index in [4.69, 9.17) is 23.7 Å². The van der Waals surface area contributed by atoms with Crippen molar-refractivity contribution in [1.82, 2.24) is 15.1 Å². The normalized spacial score (nSPS) is 41.5. The first kappa shape index (κ1) is 43.0. The lowest BCUT2D eigenvalue weighted by Gasteiger charge is -2.48. The van der Waals surface area contributed by atoms with Crippen LogP contribution in [0.3, 0.4) is 0 Å². The number of ether oxygens (including phenoxy) is 5. The Kier molecular flexibility index (Phi) is 14.9. The molecule has 0 radical (unpaired) electrons. The Bertz CT molecular complexity index is 1220. The summed E-state index contributed by atoms with van der Waals surface area (Å²) in [4.78, 5) is 56.8. The summed E-state index contributed by atoms with van der Waals surface area (Å²) in [6.45, 7) is 16.3. The quantitative estimate of drug-likeness (QED) is 0.222. The van der Waals surface area contributed by atoms with Gasteiger partial charge in [0.05, 0.1) is 35.9 Å². The predicted octanol–water partition coefficient (Wildman–Crippen LogP) is 2.90. The van der Waals surface area contributed by atoms with Crippen LogP contribution in [0.1, 0.15) is 94.4 Å². The number of rotatable bonds is 10. The largest absolute Gasteiger partial charge is 0.458 e. The molecule has 0 unspecified atom stereocenters. The number of hydrogen-bond acceptors (Lipinski definition) is 12. The Labute approximate surface area is 304 Å². The number of Topliss-reactive ketones (excluding diaryl/α,β-unsaturated/α-hetero) is 1. The second-order valence-corrected chi connectivity index (χ2v) is 15.8. The number of aliphatic hydroxyl groups is 2. The molecule has 0 aliphatic carbocycles. The van der Waals surface area contributed by atoms with Crippen LogP contribution in [0.15, 0.2) is 0 Å². The summed E-state index contributed by atoms with van der Waals surface area (Å²) in [6.07, 6.45) is -3.93. The minimum Gasteiger partial charge on any atom is -0.458 e. The number of ketones is 1. The molecule has 294 valence electrons. The zero-order valence-corrected chi connectivity index (χ0v) is 32.8. The molecule has 3 saturated heterocycles. The van der Waals surface area contributed by atoms with Crippen LogP contribution < -0.4 is 5.32 Å². The second-order valence-electron chi connectivity index (χ2n) is 15.8. The van der Waals surface area contributed by atoms with Gasteiger partial charge < -0.3 is 49.0 Å². The van der Waals surface area contributed by atoms with Crippen LogP contribution in [0.2, 0.25) is 0 Å². The molecule has 3 rings (SSSR count). The van der Waals surface area contributed by atoms with E-state index in [1.807, 2.05) is 39.8 Å². The molecular weight excluding hydrogens is 662 g/mol. The number of unbranched alkanes of at least 4 members (excludes halogenated alkanes) is 1. The summed E-state index contributed by atoms with van der Waals surface area (Å²) in [5.41, 5.74) is -2.58. The lowest BCUT2D eigenvalue weighted by molar-refractivity contribution is -0.301. The van der Waals surface area contributed by atoms with Crippen molar-refractivity contribution in [2.45, 2.75) is 155 Å². The Hall–Kier alpha value is -2.36. The Morgan fingerprint density at radius 1 is 1.04 bits per heavy atom. The first-order valence-electron chi connectivity index (χ1n) is 18.6. The highest BCUT2D eigenvalue weighted by Crippen LogP contribution is 2.43. The van der Waals surface area contributed by atoms with Crippen molar-refractivity contribution in [2.75, 3.05) is 34.3 Å². The van der Waals surface area contributed by atoms with Gasteiger partial charge in [-0.05, 0) is 73.9 Å². The second kappa shape index (κ2) is 17.6. The fraction of sp³-hybridized carbons (Fsp3) is 0.892. The maximum atomic E-state index is 14.5. The fourth-order valence-electron chi connectivity index (χ4n) is 8.53. The number of methoxy groups -OCH3 is 1. The summed E-state index contributed by atoms with van der Waals surface area (Å²) >= 11 is 0. The highest BCUT2D eigenvalue weighted by atomic mass is 16.7. The molecule has 14 nitrogen and oxygen atoms in total. The smallest absolute Gasteiger partial charge is 0.410 e. The SMILES string of the molecule is CC[C@H]1OC(=O)[C@H](C)[C@@H](O)[C@H](C)[C@@H](O[C@@H]2O[C@H](C)C[C@H](N(C)C)[C@H]2O)[C@](C)(OC)C[C@@H](C)C(=O)[C@H](C)[C@H]2N(CCCCNC(C)=O)C(=O)O[C@]12C. The maximum Gasteiger partial charge on any atom is 0.410 e. The molecule has 0 aromatic heterocycles. The Morgan fingerprint density at radius 3 is 2.25 bits per heavy atom. The number of cyclic esters (lactones) is 1. The Balaban J connectivity index is 2.07. The lowest BCUT2D eigenvalue weighted by atomic mass is 9.73. The molecule has 3 aliphatic rings. The van der Waals surface area contributed by atoms with Crippen LogP contribution in [-0.2, 0) is 38.1 Å². The van der Waals surface area contributed by atoms with E-state index in [9.17, 15) is 29.4 Å². The minimum absolute atomic E-state index is 0.144. The number of likely N-dealkylation sites (N-methyl/N-ethyl adjacent to an activating group) is 1. The number of esters is 1. The average molecular weight is 728 g/mol. The maximum absolute atomic E-state index is 14.5. The Morgan fingerprint density at radius 2 is 1.69 bits per heavy atom. The van der Waals surface area contributed by atoms with Gasteiger partial charge in [-0.1, -0.05) is 27.7 Å². The van der Waals surface area contributed by atoms with Crippen LogP contribution in [0.4, 0.5) is 4.79 Å². The first-order chi connectivity index (χ1) is 23.7. The van der Waals surface area contributed by atoms with E-state index >= 15 is 0 Å². The van der Waals surface area contributed by atoms with Crippen LogP contribution in [0, 0.1) is 23.7 Å². The van der Waals surface area contributed by atoms with Crippen molar-refractivity contribution in [2.24, 2.45) is 23.7 Å². The van der Waals surface area contributed by atoms with E-state index in [1.54, 1.807) is 39.5 Å². The number of aliphatic hydroxyl groups excluding tert-OH is 2. The summed E-state index contributed by atoms with van der Waals surface area (Å²) < 4.78 is 31.1. The van der Waals surface area contributed by atoms with Gasteiger partial charge >= 0.3 is 12.1 Å². The summed E-state index contributed by atoms with van der Waals surface area (Å²) in [7, 11) is 5.26. The van der Waals surface area contributed by atoms with E-state index in [2.05, 4.69) is 5.32 Å². The van der Waals surface area contributed by atoms with Crippen molar-refractivity contribution in [3.05, 3.63) is 0 Å². The molecule has 3 aliphatic heterocycles. The molecule has 3 N–H and O–H groups in total. The van der Waals surface area contributed by atoms with Gasteiger partial charge in [-0.2, -0.15) is 0 Å². The summed E-state index contributed by atoms with van der Waals surface area (Å²) in [5.74, 6) is -4.13. The first-order valence-corrected chi connectivity index (χ1v) is 18.6. The topological polar surface area (TPSA) is 173 Å². The monoisotopic (exact) mass is 727 g/mol. The van der Waals surface area contributed by atoms with Crippen molar-refractivity contribution in [1.29, 1.82) is 0 Å². The van der Waals surface area contributed by atoms with Crippen molar-refractivity contribution < 1.29 is 53.1 Å². The molecule has 0 aromatic rings. The van der Waals surface area contributed by atoms with Crippen LogP contribution in [0.5, 0.6) is 0 Å². The highest BCUT2D eigenvalue weighted by molar-refractivity contribution is 5.85. The van der Waals surface area contributed by atoms with E-state index in [0.717, 1.165) is 0 Å². The third kappa shape index (κ3) is 9.42. The van der Waals surface area contributed by atoms with E-state index in [-0.39, 0.29) is 43.2 Å². The molecule has 3 fully saturated rings. The average Bonchev–Trinajstić information content (AvgIpc) is 3.33. The van der Waals surface area contributed by atoms with Crippen LogP contribution in [-0.4, -0.2) is 138 Å². The van der Waals surface area contributed by atoms with Crippen molar-refractivity contribution in [3.63, 3.8) is 0 Å². The minimum atomic E-state index is -1.38. The number of carbonyl (C=O) groups is 4. The molecule has 3 heterocycles. The molecule has 14 heteroatoms. The van der Waals surface area contributed by atoms with Gasteiger partial charge in [-0.15, -0.1) is 0 Å². The van der Waals surface area contributed by atoms with Gasteiger partial charge in [0.15, 0.2) is 11.9 Å². The highest BCUT2D eigenvalue weighted by Gasteiger charge is 2.60. The predicted molar refractivity (Wildman–Crippen MR) is 188 cm³/mol. The van der Waals surface area contributed by atoms with E-state index in [1.165, 1.54) is 14.0 Å². The molecule has 0 aromatic carbocycles. The standard InChI is InChI=1S/C37H65N3O11/c1-13-27-37(9)31(40(35(46)51-37)17-15-14-16-38-25(7)41)22(4)28(42)20(2)19-36(8,47-12)32(23(5)29(43)24(6)33(45)49-27)50-34-30(44)26(39(10)11)18-21(3)48-34/h20-24,26-27,29-32,34,43-44H,13-19H2,1-12H3,(H,38,41)/t20-,21-,22+,23+,24-,26+,27-,29+,30-,31-,32-,34+,36-,37-/m1/s1. The van der Waals surface area contributed by atoms with E-state index < -0.39 is 83.7 Å².